The molecule has 0 aliphatic carbocycles. The first-order chi connectivity index (χ1) is 16.2. The van der Waals surface area contributed by atoms with Crippen LogP contribution in [0.25, 0.3) is 27.9 Å². The number of benzene rings is 3. The second kappa shape index (κ2) is 8.58. The summed E-state index contributed by atoms with van der Waals surface area (Å²) in [7, 11) is 1.58. The molecule has 2 heterocycles. The lowest BCUT2D eigenvalue weighted by atomic mass is 10.1. The van der Waals surface area contributed by atoms with Crippen molar-refractivity contribution in [2.75, 3.05) is 12.4 Å². The lowest BCUT2D eigenvalue weighted by Crippen LogP contribution is -2.15. The molecule has 3 aromatic carbocycles. The molecule has 0 aliphatic heterocycles. The fraction of sp³-hybridized carbons (Fsp3) is 0.120. The number of ether oxygens (including phenoxy) is 1. The molecule has 0 unspecified atom stereocenters. The van der Waals surface area contributed by atoms with E-state index in [1.54, 1.807) is 23.9 Å². The van der Waals surface area contributed by atoms with Crippen molar-refractivity contribution in [1.82, 2.24) is 20.2 Å². The first kappa shape index (κ1) is 20.4. The van der Waals surface area contributed by atoms with Gasteiger partial charge in [0.2, 0.25) is 0 Å². The van der Waals surface area contributed by atoms with E-state index in [4.69, 9.17) is 9.26 Å². The van der Waals surface area contributed by atoms with Gasteiger partial charge in [-0.05, 0) is 36.8 Å². The zero-order valence-corrected chi connectivity index (χ0v) is 18.1. The van der Waals surface area contributed by atoms with Gasteiger partial charge in [-0.2, -0.15) is 0 Å². The summed E-state index contributed by atoms with van der Waals surface area (Å²) in [5.41, 5.74) is 4.04. The van der Waals surface area contributed by atoms with Crippen molar-refractivity contribution < 1.29 is 14.1 Å². The third kappa shape index (κ3) is 3.82. The number of nitrogens with one attached hydrogen (secondary N) is 1. The highest BCUT2D eigenvalue weighted by Gasteiger charge is 2.21. The number of hydrogen-bond acceptors (Lipinski definition) is 6. The number of methoxy groups -OCH3 is 1. The number of anilines is 1. The number of fused-ring (bicyclic) bond motifs is 1. The van der Waals surface area contributed by atoms with Gasteiger partial charge in [-0.15, -0.1) is 5.10 Å². The van der Waals surface area contributed by atoms with E-state index in [1.165, 1.54) is 0 Å². The van der Waals surface area contributed by atoms with Crippen LogP contribution in [0.1, 0.15) is 23.1 Å². The molecule has 0 aliphatic rings. The summed E-state index contributed by atoms with van der Waals surface area (Å²) in [4.78, 5) is 13.0. The summed E-state index contributed by atoms with van der Waals surface area (Å²) in [6, 6.07) is 22.7. The summed E-state index contributed by atoms with van der Waals surface area (Å²) in [5.74, 6) is 1.01. The van der Waals surface area contributed by atoms with E-state index >= 15 is 0 Å². The van der Waals surface area contributed by atoms with E-state index in [0.29, 0.717) is 29.3 Å². The van der Waals surface area contributed by atoms with Crippen LogP contribution in [0.3, 0.4) is 0 Å². The van der Waals surface area contributed by atoms with Crippen molar-refractivity contribution in [1.29, 1.82) is 0 Å². The highest BCUT2D eigenvalue weighted by atomic mass is 16.5. The topological polar surface area (TPSA) is 95.1 Å². The minimum absolute atomic E-state index is 0.272. The van der Waals surface area contributed by atoms with E-state index in [-0.39, 0.29) is 11.6 Å². The highest BCUT2D eigenvalue weighted by Crippen LogP contribution is 2.30. The van der Waals surface area contributed by atoms with Crippen molar-refractivity contribution in [2.24, 2.45) is 0 Å². The van der Waals surface area contributed by atoms with Crippen molar-refractivity contribution >= 4 is 22.5 Å². The van der Waals surface area contributed by atoms with Gasteiger partial charge in [-0.3, -0.25) is 4.79 Å². The molecule has 0 spiro atoms. The van der Waals surface area contributed by atoms with Crippen molar-refractivity contribution in [3.63, 3.8) is 0 Å². The van der Waals surface area contributed by atoms with E-state index in [2.05, 4.69) is 20.8 Å². The first-order valence-electron chi connectivity index (χ1n) is 10.5. The van der Waals surface area contributed by atoms with Gasteiger partial charge in [0.15, 0.2) is 11.5 Å². The summed E-state index contributed by atoms with van der Waals surface area (Å²) >= 11 is 0. The van der Waals surface area contributed by atoms with Gasteiger partial charge in [-0.25, -0.2) is 4.68 Å². The maximum atomic E-state index is 13.0. The Labute approximate surface area is 189 Å². The molecule has 0 saturated heterocycles. The number of carbonyl (C=O) groups excluding carboxylic acids is 1. The van der Waals surface area contributed by atoms with Crippen LogP contribution in [0.2, 0.25) is 0 Å². The molecule has 0 atom stereocenters. The molecule has 1 N–H and O–H groups in total. The maximum Gasteiger partial charge on any atom is 0.278 e. The lowest BCUT2D eigenvalue weighted by Gasteiger charge is -2.08. The Balaban J connectivity index is 1.51. The monoisotopic (exact) mass is 439 g/mol. The molecular formula is C25H21N5O3. The molecule has 0 bridgehead atoms. The average molecular weight is 439 g/mol. The molecule has 0 saturated carbocycles. The van der Waals surface area contributed by atoms with Gasteiger partial charge in [0.05, 0.1) is 23.9 Å². The number of amides is 1. The Morgan fingerprint density at radius 3 is 2.70 bits per heavy atom. The zero-order chi connectivity index (χ0) is 22.8. The molecule has 164 valence electrons. The number of nitrogens with zero attached hydrogens (tertiary/aromatic N) is 4. The standard InChI is InChI=1S/C25H21N5O3/c1-3-22-23(25(31)26-17-10-7-11-19(14-17)32-2)27-29-30(22)18-12-13-21-20(15-18)24(33-28-21)16-8-5-4-6-9-16/h4-15H,3H2,1-2H3,(H,26,31). The second-order valence-corrected chi connectivity index (χ2v) is 7.42. The Kier molecular flexibility index (Phi) is 5.32. The number of rotatable bonds is 6. The van der Waals surface area contributed by atoms with E-state index in [1.807, 2.05) is 67.6 Å². The molecule has 0 radical (unpaired) electrons. The fourth-order valence-corrected chi connectivity index (χ4v) is 3.75. The maximum absolute atomic E-state index is 13.0. The van der Waals surface area contributed by atoms with Crippen LogP contribution in [0.5, 0.6) is 5.75 Å². The molecule has 8 heteroatoms. The molecule has 33 heavy (non-hydrogen) atoms. The molecular weight excluding hydrogens is 418 g/mol. The normalized spacial score (nSPS) is 11.0. The second-order valence-electron chi connectivity index (χ2n) is 7.42. The predicted molar refractivity (Wildman–Crippen MR) is 125 cm³/mol. The Hall–Kier alpha value is -4.46. The van der Waals surface area contributed by atoms with Crippen LogP contribution in [0, 0.1) is 0 Å². The summed E-state index contributed by atoms with van der Waals surface area (Å²) in [6.07, 6.45) is 0.571. The molecule has 8 nitrogen and oxygen atoms in total. The van der Waals surface area contributed by atoms with Crippen LogP contribution in [0.15, 0.2) is 77.3 Å². The Morgan fingerprint density at radius 2 is 1.91 bits per heavy atom. The quantitative estimate of drug-likeness (QED) is 0.404. The van der Waals surface area contributed by atoms with Crippen LogP contribution in [-0.4, -0.2) is 33.2 Å². The van der Waals surface area contributed by atoms with Crippen LogP contribution >= 0.6 is 0 Å². The molecule has 5 aromatic rings. The average Bonchev–Trinajstić information content (AvgIpc) is 3.48. The van der Waals surface area contributed by atoms with Crippen LogP contribution in [0.4, 0.5) is 5.69 Å². The van der Waals surface area contributed by atoms with Crippen LogP contribution < -0.4 is 10.1 Å². The van der Waals surface area contributed by atoms with Gasteiger partial charge in [0, 0.05) is 17.3 Å². The first-order valence-corrected chi connectivity index (χ1v) is 10.5. The minimum Gasteiger partial charge on any atom is -0.497 e. The predicted octanol–water partition coefficient (Wildman–Crippen LogP) is 4.90. The number of hydrogen-bond donors (Lipinski definition) is 1. The highest BCUT2D eigenvalue weighted by molar-refractivity contribution is 6.03. The minimum atomic E-state index is -0.331. The van der Waals surface area contributed by atoms with Gasteiger partial charge in [0.1, 0.15) is 11.3 Å². The zero-order valence-electron chi connectivity index (χ0n) is 18.1. The van der Waals surface area contributed by atoms with Gasteiger partial charge >= 0.3 is 0 Å². The SMILES string of the molecule is CCc1c(C(=O)Nc2cccc(OC)c2)nnn1-c1ccc2noc(-c3ccccc3)c2c1. The number of carbonyl (C=O) groups is 1. The smallest absolute Gasteiger partial charge is 0.278 e. The van der Waals surface area contributed by atoms with E-state index < -0.39 is 0 Å². The fourth-order valence-electron chi connectivity index (χ4n) is 3.75. The van der Waals surface area contributed by atoms with Crippen molar-refractivity contribution in [2.45, 2.75) is 13.3 Å². The van der Waals surface area contributed by atoms with Crippen molar-refractivity contribution in [3.8, 4) is 22.8 Å². The summed E-state index contributed by atoms with van der Waals surface area (Å²) < 4.78 is 12.5. The lowest BCUT2D eigenvalue weighted by molar-refractivity contribution is 0.102. The molecule has 2 aromatic heterocycles. The van der Waals surface area contributed by atoms with Gasteiger partial charge in [-0.1, -0.05) is 53.7 Å². The summed E-state index contributed by atoms with van der Waals surface area (Å²) in [5, 5.41) is 16.4. The molecule has 0 fully saturated rings. The summed E-state index contributed by atoms with van der Waals surface area (Å²) in [6.45, 7) is 1.96. The van der Waals surface area contributed by atoms with Crippen molar-refractivity contribution in [3.05, 3.63) is 84.2 Å². The Morgan fingerprint density at radius 1 is 1.06 bits per heavy atom. The van der Waals surface area contributed by atoms with E-state index in [9.17, 15) is 4.79 Å². The van der Waals surface area contributed by atoms with Gasteiger partial charge in [0.25, 0.3) is 5.91 Å². The van der Waals surface area contributed by atoms with E-state index in [0.717, 1.165) is 22.2 Å². The molecule has 5 rings (SSSR count). The van der Waals surface area contributed by atoms with Crippen LogP contribution in [-0.2, 0) is 6.42 Å². The van der Waals surface area contributed by atoms with Gasteiger partial charge < -0.3 is 14.6 Å². The number of aromatic nitrogens is 4. The Bertz CT molecular complexity index is 1440. The largest absolute Gasteiger partial charge is 0.497 e. The molecule has 1 amide bonds. The third-order valence-electron chi connectivity index (χ3n) is 5.38. The third-order valence-corrected chi connectivity index (χ3v) is 5.38.